The SMILES string of the molecule is COc1ccc(COc2cccc(CC#C[Si](C)(C)C)c2)cc1. The summed E-state index contributed by atoms with van der Waals surface area (Å²) in [4.78, 5) is 0. The molecule has 0 saturated heterocycles. The van der Waals surface area contributed by atoms with Gasteiger partial charge in [0.15, 0.2) is 0 Å². The van der Waals surface area contributed by atoms with Gasteiger partial charge in [-0.3, -0.25) is 0 Å². The molecule has 0 unspecified atom stereocenters. The van der Waals surface area contributed by atoms with Crippen LogP contribution in [0.5, 0.6) is 11.5 Å². The highest BCUT2D eigenvalue weighted by Gasteiger charge is 2.07. The highest BCUT2D eigenvalue weighted by atomic mass is 28.3. The average molecular weight is 324 g/mol. The van der Waals surface area contributed by atoms with E-state index >= 15 is 0 Å². The van der Waals surface area contributed by atoms with Crippen LogP contribution in [0.1, 0.15) is 11.1 Å². The summed E-state index contributed by atoms with van der Waals surface area (Å²) in [5.41, 5.74) is 5.71. The van der Waals surface area contributed by atoms with Crippen LogP contribution in [0.4, 0.5) is 0 Å². The van der Waals surface area contributed by atoms with E-state index in [0.29, 0.717) is 6.61 Å². The first kappa shape index (κ1) is 17.2. The fourth-order valence-electron chi connectivity index (χ4n) is 2.05. The van der Waals surface area contributed by atoms with E-state index in [-0.39, 0.29) is 0 Å². The van der Waals surface area contributed by atoms with Gasteiger partial charge in [-0.1, -0.05) is 43.9 Å². The number of methoxy groups -OCH3 is 1. The van der Waals surface area contributed by atoms with E-state index in [1.807, 2.05) is 36.4 Å². The molecule has 0 aliphatic heterocycles. The maximum absolute atomic E-state index is 5.87. The summed E-state index contributed by atoms with van der Waals surface area (Å²) in [6, 6.07) is 16.1. The zero-order chi connectivity index (χ0) is 16.7. The van der Waals surface area contributed by atoms with Crippen LogP contribution in [0.25, 0.3) is 0 Å². The maximum atomic E-state index is 5.87. The Hall–Kier alpha value is -2.18. The molecular weight excluding hydrogens is 300 g/mol. The lowest BCUT2D eigenvalue weighted by molar-refractivity contribution is 0.305. The van der Waals surface area contributed by atoms with Gasteiger partial charge in [0.25, 0.3) is 0 Å². The van der Waals surface area contributed by atoms with Gasteiger partial charge in [-0.15, -0.1) is 11.5 Å². The van der Waals surface area contributed by atoms with Crippen LogP contribution in [0.3, 0.4) is 0 Å². The van der Waals surface area contributed by atoms with Crippen molar-refractivity contribution < 1.29 is 9.47 Å². The summed E-state index contributed by atoms with van der Waals surface area (Å²) in [5, 5.41) is 0. The fourth-order valence-corrected chi connectivity index (χ4v) is 2.66. The third-order valence-corrected chi connectivity index (χ3v) is 4.15. The first-order valence-corrected chi connectivity index (χ1v) is 11.3. The van der Waals surface area contributed by atoms with Crippen LogP contribution in [0, 0.1) is 11.5 Å². The molecular formula is C20H24O2Si. The number of hydrogen-bond acceptors (Lipinski definition) is 2. The molecule has 2 aromatic rings. The van der Waals surface area contributed by atoms with Crippen LogP contribution in [-0.2, 0) is 13.0 Å². The predicted octanol–water partition coefficient (Wildman–Crippen LogP) is 4.70. The molecule has 0 aliphatic carbocycles. The Labute approximate surface area is 140 Å². The topological polar surface area (TPSA) is 18.5 Å². The van der Waals surface area contributed by atoms with Crippen molar-refractivity contribution in [2.24, 2.45) is 0 Å². The smallest absolute Gasteiger partial charge is 0.129 e. The van der Waals surface area contributed by atoms with Gasteiger partial charge in [-0.25, -0.2) is 0 Å². The van der Waals surface area contributed by atoms with E-state index in [1.54, 1.807) is 7.11 Å². The van der Waals surface area contributed by atoms with Crippen molar-refractivity contribution in [2.45, 2.75) is 32.7 Å². The van der Waals surface area contributed by atoms with Crippen molar-refractivity contribution >= 4 is 8.07 Å². The number of benzene rings is 2. The molecule has 0 spiro atoms. The van der Waals surface area contributed by atoms with Crippen molar-refractivity contribution in [3.05, 3.63) is 59.7 Å². The molecule has 0 atom stereocenters. The Morgan fingerprint density at radius 2 is 1.65 bits per heavy atom. The summed E-state index contributed by atoms with van der Waals surface area (Å²) in [7, 11) is 0.374. The first-order chi connectivity index (χ1) is 11.0. The van der Waals surface area contributed by atoms with Gasteiger partial charge >= 0.3 is 0 Å². The molecule has 0 N–H and O–H groups in total. The average Bonchev–Trinajstić information content (AvgIpc) is 2.53. The second kappa shape index (κ2) is 7.89. The molecule has 0 fully saturated rings. The van der Waals surface area contributed by atoms with E-state index in [0.717, 1.165) is 23.5 Å². The van der Waals surface area contributed by atoms with Crippen LogP contribution >= 0.6 is 0 Å². The number of ether oxygens (including phenoxy) is 2. The molecule has 0 bridgehead atoms. The molecule has 0 aromatic heterocycles. The summed E-state index contributed by atoms with van der Waals surface area (Å²) >= 11 is 0. The van der Waals surface area contributed by atoms with Crippen LogP contribution in [0.15, 0.2) is 48.5 Å². The fraction of sp³-hybridized carbons (Fsp3) is 0.300. The lowest BCUT2D eigenvalue weighted by Gasteiger charge is -2.08. The molecule has 0 radical (unpaired) electrons. The van der Waals surface area contributed by atoms with Crippen molar-refractivity contribution in [1.82, 2.24) is 0 Å². The Balaban J connectivity index is 1.95. The van der Waals surface area contributed by atoms with E-state index in [2.05, 4.69) is 43.2 Å². The zero-order valence-electron chi connectivity index (χ0n) is 14.3. The molecule has 0 amide bonds. The molecule has 0 saturated carbocycles. The van der Waals surface area contributed by atoms with Crippen LogP contribution in [-0.4, -0.2) is 15.2 Å². The Bertz CT molecular complexity index is 688. The normalized spacial score (nSPS) is 10.6. The van der Waals surface area contributed by atoms with E-state index < -0.39 is 8.07 Å². The summed E-state index contributed by atoms with van der Waals surface area (Å²) in [5.74, 6) is 5.04. The van der Waals surface area contributed by atoms with Gasteiger partial charge < -0.3 is 9.47 Å². The first-order valence-electron chi connectivity index (χ1n) is 7.81. The summed E-state index contributed by atoms with van der Waals surface area (Å²) in [6.07, 6.45) is 0.782. The molecule has 2 nitrogen and oxygen atoms in total. The minimum atomic E-state index is -1.29. The van der Waals surface area contributed by atoms with Crippen molar-refractivity contribution in [2.75, 3.05) is 7.11 Å². The Morgan fingerprint density at radius 3 is 2.30 bits per heavy atom. The van der Waals surface area contributed by atoms with E-state index in [4.69, 9.17) is 9.47 Å². The molecule has 2 rings (SSSR count). The largest absolute Gasteiger partial charge is 0.497 e. The lowest BCUT2D eigenvalue weighted by Crippen LogP contribution is -2.16. The van der Waals surface area contributed by atoms with Gasteiger partial charge in [-0.05, 0) is 35.4 Å². The predicted molar refractivity (Wildman–Crippen MR) is 98.6 cm³/mol. The quantitative estimate of drug-likeness (QED) is 0.586. The van der Waals surface area contributed by atoms with Gasteiger partial charge in [-0.2, -0.15) is 0 Å². The number of rotatable bonds is 5. The number of hydrogen-bond donors (Lipinski definition) is 0. The Kier molecular flexibility index (Phi) is 5.89. The lowest BCUT2D eigenvalue weighted by atomic mass is 10.1. The molecule has 23 heavy (non-hydrogen) atoms. The van der Waals surface area contributed by atoms with Crippen molar-refractivity contribution in [1.29, 1.82) is 0 Å². The van der Waals surface area contributed by atoms with Crippen LogP contribution < -0.4 is 9.47 Å². The molecule has 0 aliphatic rings. The van der Waals surface area contributed by atoms with Gasteiger partial charge in [0, 0.05) is 6.42 Å². The standard InChI is InChI=1S/C20H24O2Si/c1-21-19-12-10-18(11-13-19)16-22-20-9-5-7-17(15-20)8-6-14-23(2,3)4/h5,7,9-13,15H,8,16H2,1-4H3. The second-order valence-corrected chi connectivity index (χ2v) is 11.3. The van der Waals surface area contributed by atoms with E-state index in [1.165, 1.54) is 5.56 Å². The third kappa shape index (κ3) is 6.21. The molecule has 2 aromatic carbocycles. The van der Waals surface area contributed by atoms with Gasteiger partial charge in [0.1, 0.15) is 26.2 Å². The van der Waals surface area contributed by atoms with Crippen molar-refractivity contribution in [3.63, 3.8) is 0 Å². The summed E-state index contributed by atoms with van der Waals surface area (Å²) in [6.45, 7) is 7.32. The monoisotopic (exact) mass is 324 g/mol. The maximum Gasteiger partial charge on any atom is 0.129 e. The summed E-state index contributed by atoms with van der Waals surface area (Å²) < 4.78 is 11.0. The molecule has 120 valence electrons. The highest BCUT2D eigenvalue weighted by Crippen LogP contribution is 2.17. The molecule has 0 heterocycles. The second-order valence-electron chi connectivity index (χ2n) is 6.51. The third-order valence-electron chi connectivity index (χ3n) is 3.22. The van der Waals surface area contributed by atoms with E-state index in [9.17, 15) is 0 Å². The molecule has 3 heteroatoms. The Morgan fingerprint density at radius 1 is 0.913 bits per heavy atom. The minimum Gasteiger partial charge on any atom is -0.497 e. The van der Waals surface area contributed by atoms with Crippen molar-refractivity contribution in [3.8, 4) is 23.0 Å². The minimum absolute atomic E-state index is 0.550. The zero-order valence-corrected chi connectivity index (χ0v) is 15.3. The van der Waals surface area contributed by atoms with Crippen LogP contribution in [0.2, 0.25) is 19.6 Å². The van der Waals surface area contributed by atoms with Gasteiger partial charge in [0.2, 0.25) is 0 Å². The highest BCUT2D eigenvalue weighted by molar-refractivity contribution is 6.83. The van der Waals surface area contributed by atoms with Gasteiger partial charge in [0.05, 0.1) is 7.11 Å².